The molecule has 164 valence electrons. The first-order valence-electron chi connectivity index (χ1n) is 10.3. The van der Waals surface area contributed by atoms with Gasteiger partial charge in [0.15, 0.2) is 0 Å². The van der Waals surface area contributed by atoms with Gasteiger partial charge in [-0.1, -0.05) is 18.5 Å². The van der Waals surface area contributed by atoms with Crippen LogP contribution in [0.25, 0.3) is 0 Å². The minimum absolute atomic E-state index is 0.0820. The van der Waals surface area contributed by atoms with Crippen molar-refractivity contribution in [3.63, 3.8) is 0 Å². The van der Waals surface area contributed by atoms with Crippen molar-refractivity contribution in [3.05, 3.63) is 44.8 Å². The molecule has 0 bridgehead atoms. The van der Waals surface area contributed by atoms with Gasteiger partial charge in [0.1, 0.15) is 6.10 Å². The normalized spacial score (nSPS) is 25.3. The molecule has 2 radical (unpaired) electrons. The number of carboxylic acids is 1. The molecule has 1 unspecified atom stereocenters. The third kappa shape index (κ3) is 7.87. The van der Waals surface area contributed by atoms with Crippen molar-refractivity contribution >= 4 is 41.1 Å². The van der Waals surface area contributed by atoms with Crippen molar-refractivity contribution in [1.29, 1.82) is 0 Å². The second kappa shape index (κ2) is 12.7. The number of aryl methyl sites for hydroxylation is 2. The van der Waals surface area contributed by atoms with Crippen molar-refractivity contribution in [2.45, 2.75) is 70.1 Å². The largest absolute Gasteiger partial charge is 0.495 e. The Hall–Kier alpha value is -1.09. The molecule has 2 rings (SSSR count). The lowest BCUT2D eigenvalue weighted by atomic mass is 9.83. The molecule has 5 nitrogen and oxygen atoms in total. The number of unbranched alkanes of at least 4 members (excludes halogenated alkanes) is 1. The highest BCUT2D eigenvalue weighted by molar-refractivity contribution is 9.10. The Kier molecular flexibility index (Phi) is 10.7. The number of hydrogen-bond acceptors (Lipinski definition) is 5. The van der Waals surface area contributed by atoms with Crippen LogP contribution in [0, 0.1) is 18.8 Å². The van der Waals surface area contributed by atoms with Crippen LogP contribution in [0.5, 0.6) is 0 Å². The number of allylic oxidation sites excluding steroid dienone is 1. The molecule has 1 saturated carbocycles. The second-order valence-electron chi connectivity index (χ2n) is 7.74. The maximum Gasteiger partial charge on any atom is 0.303 e. The van der Waals surface area contributed by atoms with Crippen LogP contribution < -0.4 is 0 Å². The van der Waals surface area contributed by atoms with E-state index in [1.807, 2.05) is 6.08 Å². The highest BCUT2D eigenvalue weighted by atomic mass is 79.9. The summed E-state index contributed by atoms with van der Waals surface area (Å²) in [6, 6.07) is 2.10. The van der Waals surface area contributed by atoms with Crippen LogP contribution in [-0.4, -0.2) is 47.4 Å². The Labute approximate surface area is 192 Å². The number of rotatable bonds is 12. The summed E-state index contributed by atoms with van der Waals surface area (Å²) in [5.41, 5.74) is 0. The molecule has 1 fully saturated rings. The van der Waals surface area contributed by atoms with E-state index in [0.29, 0.717) is 32.0 Å². The van der Waals surface area contributed by atoms with Gasteiger partial charge in [-0.25, -0.2) is 0 Å². The Bertz CT molecular complexity index is 716. The molecule has 8 heteroatoms. The van der Waals surface area contributed by atoms with E-state index >= 15 is 0 Å². The monoisotopic (exact) mass is 496 g/mol. The van der Waals surface area contributed by atoms with Crippen LogP contribution in [0.15, 0.2) is 35.0 Å². The number of thiophene rings is 1. The Morgan fingerprint density at radius 2 is 2.27 bits per heavy atom. The molecule has 0 aliphatic heterocycles. The molecular formula is C22H30BBrO5S. The van der Waals surface area contributed by atoms with Crippen LogP contribution in [0.1, 0.15) is 41.9 Å². The van der Waals surface area contributed by atoms with Crippen molar-refractivity contribution in [2.24, 2.45) is 11.8 Å². The number of halogens is 1. The average Bonchev–Trinajstić information content (AvgIpc) is 3.19. The van der Waals surface area contributed by atoms with Gasteiger partial charge in [0, 0.05) is 26.6 Å². The average molecular weight is 497 g/mol. The Balaban J connectivity index is 1.88. The number of carboxylic acid groups (broad SMARTS) is 1. The van der Waals surface area contributed by atoms with Crippen LogP contribution in [0.2, 0.25) is 6.32 Å². The highest BCUT2D eigenvalue weighted by Gasteiger charge is 2.41. The minimum Gasteiger partial charge on any atom is -0.495 e. The topological polar surface area (TPSA) is 87.0 Å². The van der Waals surface area contributed by atoms with Crippen molar-refractivity contribution in [2.75, 3.05) is 0 Å². The fourth-order valence-corrected chi connectivity index (χ4v) is 5.31. The molecule has 0 spiro atoms. The molecule has 30 heavy (non-hydrogen) atoms. The first kappa shape index (κ1) is 25.2. The smallest absolute Gasteiger partial charge is 0.303 e. The number of aliphatic hydroxyl groups is 2. The van der Waals surface area contributed by atoms with E-state index in [0.717, 1.165) is 10.9 Å². The SMILES string of the molecule is [B]C[C@@H]1CC(O)[C@H](OC=CCCCC(=O)O)[C@H]1C=C[C@@H](O)CCc1cc(Br)c(C)s1. The van der Waals surface area contributed by atoms with E-state index in [4.69, 9.17) is 17.7 Å². The standard InChI is InChI=1S/C22H30BBrO5S/c1-14-19(24)12-17(30-14)8-6-16(25)7-9-18-15(13-23)11-20(26)22(18)29-10-4-2-3-5-21(27)28/h4,7,9-10,12,15-16,18,20,22,25-26H,2-3,5-6,8,11,13H2,1H3,(H,27,28)/t15-,16-,18-,20?,22+/m0/s1. The van der Waals surface area contributed by atoms with Gasteiger partial charge >= 0.3 is 5.97 Å². The van der Waals surface area contributed by atoms with Gasteiger partial charge in [0.2, 0.25) is 0 Å². The number of carbonyl (C=O) groups is 1. The maximum atomic E-state index is 10.5. The van der Waals surface area contributed by atoms with Gasteiger partial charge in [-0.2, -0.15) is 0 Å². The molecule has 1 aliphatic rings. The van der Waals surface area contributed by atoms with Crippen molar-refractivity contribution < 1.29 is 24.9 Å². The molecule has 3 N–H and O–H groups in total. The Morgan fingerprint density at radius 1 is 1.50 bits per heavy atom. The summed E-state index contributed by atoms with van der Waals surface area (Å²) < 4.78 is 6.88. The predicted molar refractivity (Wildman–Crippen MR) is 124 cm³/mol. The maximum absolute atomic E-state index is 10.5. The fraction of sp³-hybridized carbons (Fsp3) is 0.591. The number of aliphatic carboxylic acids is 1. The second-order valence-corrected chi connectivity index (χ2v) is 9.94. The van der Waals surface area contributed by atoms with E-state index in [9.17, 15) is 15.0 Å². The van der Waals surface area contributed by atoms with Gasteiger partial charge in [-0.15, -0.1) is 11.3 Å². The summed E-state index contributed by atoms with van der Waals surface area (Å²) in [7, 11) is 5.89. The molecule has 5 atom stereocenters. The molecule has 0 saturated heterocycles. The van der Waals surface area contributed by atoms with Crippen molar-refractivity contribution in [3.8, 4) is 0 Å². The third-order valence-electron chi connectivity index (χ3n) is 5.39. The summed E-state index contributed by atoms with van der Waals surface area (Å²) >= 11 is 5.25. The summed E-state index contributed by atoms with van der Waals surface area (Å²) in [5.74, 6) is -0.807. The molecular weight excluding hydrogens is 467 g/mol. The lowest BCUT2D eigenvalue weighted by Crippen LogP contribution is -2.27. The fourth-order valence-electron chi connectivity index (χ4n) is 3.70. The predicted octanol–water partition coefficient (Wildman–Crippen LogP) is 4.41. The van der Waals surface area contributed by atoms with Crippen molar-refractivity contribution in [1.82, 2.24) is 0 Å². The van der Waals surface area contributed by atoms with Crippen LogP contribution in [0.4, 0.5) is 0 Å². The zero-order valence-corrected chi connectivity index (χ0v) is 19.6. The van der Waals surface area contributed by atoms with E-state index in [1.54, 1.807) is 29.8 Å². The quantitative estimate of drug-likeness (QED) is 0.173. The van der Waals surface area contributed by atoms with Gasteiger partial charge in [-0.3, -0.25) is 4.79 Å². The Morgan fingerprint density at radius 3 is 2.90 bits per heavy atom. The molecule has 0 amide bonds. The van der Waals surface area contributed by atoms with Crippen LogP contribution in [0.3, 0.4) is 0 Å². The van der Waals surface area contributed by atoms with E-state index in [-0.39, 0.29) is 18.3 Å². The van der Waals surface area contributed by atoms with E-state index in [2.05, 4.69) is 28.9 Å². The van der Waals surface area contributed by atoms with E-state index < -0.39 is 24.3 Å². The zero-order valence-electron chi connectivity index (χ0n) is 17.2. The van der Waals surface area contributed by atoms with E-state index in [1.165, 1.54) is 9.75 Å². The molecule has 1 heterocycles. The van der Waals surface area contributed by atoms with Crippen LogP contribution in [-0.2, 0) is 16.0 Å². The third-order valence-corrected chi connectivity index (χ3v) is 7.59. The number of aliphatic hydroxyl groups excluding tert-OH is 2. The molecule has 1 aromatic heterocycles. The van der Waals surface area contributed by atoms with Gasteiger partial charge in [0.05, 0.1) is 26.3 Å². The summed E-state index contributed by atoms with van der Waals surface area (Å²) in [6.45, 7) is 2.06. The lowest BCUT2D eigenvalue weighted by Gasteiger charge is -2.22. The molecule has 0 aromatic carbocycles. The number of hydrogen-bond donors (Lipinski definition) is 3. The summed E-state index contributed by atoms with van der Waals surface area (Å²) in [4.78, 5) is 13.0. The number of ether oxygens (including phenoxy) is 1. The highest BCUT2D eigenvalue weighted by Crippen LogP contribution is 2.38. The summed E-state index contributed by atoms with van der Waals surface area (Å²) in [6.07, 6.45) is 9.11. The summed E-state index contributed by atoms with van der Waals surface area (Å²) in [5, 5.41) is 29.4. The minimum atomic E-state index is -0.813. The zero-order chi connectivity index (χ0) is 22.1. The van der Waals surface area contributed by atoms with Gasteiger partial charge in [0.25, 0.3) is 0 Å². The van der Waals surface area contributed by atoms with Gasteiger partial charge < -0.3 is 20.1 Å². The van der Waals surface area contributed by atoms with Crippen LogP contribution >= 0.6 is 27.3 Å². The first-order valence-corrected chi connectivity index (χ1v) is 11.9. The lowest BCUT2D eigenvalue weighted by molar-refractivity contribution is -0.137. The molecule has 1 aliphatic carbocycles. The molecule has 1 aromatic rings. The first-order chi connectivity index (χ1) is 14.3. The van der Waals surface area contributed by atoms with Gasteiger partial charge in [-0.05, 0) is 73.0 Å².